The maximum Gasteiger partial charge on any atom is 0.234 e. The van der Waals surface area contributed by atoms with Crippen molar-refractivity contribution in [1.29, 1.82) is 0 Å². The Balaban J connectivity index is 1.74. The van der Waals surface area contributed by atoms with Gasteiger partial charge >= 0.3 is 0 Å². The van der Waals surface area contributed by atoms with Crippen molar-refractivity contribution in [3.05, 3.63) is 47.6 Å². The van der Waals surface area contributed by atoms with Gasteiger partial charge < -0.3 is 19.4 Å². The number of ketones is 2. The van der Waals surface area contributed by atoms with Crippen LogP contribution >= 0.6 is 0 Å². The van der Waals surface area contributed by atoms with Crippen LogP contribution in [0.4, 0.5) is 0 Å². The molecule has 2 fully saturated rings. The molecule has 1 aromatic heterocycles. The van der Waals surface area contributed by atoms with E-state index in [-0.39, 0.29) is 28.8 Å². The molecule has 0 bridgehead atoms. The maximum atomic E-state index is 13.7. The number of rotatable bonds is 2. The van der Waals surface area contributed by atoms with Crippen LogP contribution in [0, 0.1) is 33.5 Å². The molecule has 0 saturated heterocycles. The largest absolute Gasteiger partial charge is 0.493 e. The van der Waals surface area contributed by atoms with E-state index < -0.39 is 33.7 Å². The van der Waals surface area contributed by atoms with E-state index in [9.17, 15) is 19.8 Å². The fraction of sp³-hybridized carbons (Fsp3) is 0.630. The van der Waals surface area contributed by atoms with Gasteiger partial charge in [-0.05, 0) is 54.2 Å². The van der Waals surface area contributed by atoms with Crippen molar-refractivity contribution < 1.29 is 29.0 Å². The highest BCUT2D eigenvalue weighted by Gasteiger charge is 2.74. The zero-order chi connectivity index (χ0) is 24.2. The van der Waals surface area contributed by atoms with Crippen LogP contribution in [-0.2, 0) is 19.9 Å². The zero-order valence-electron chi connectivity index (χ0n) is 20.3. The van der Waals surface area contributed by atoms with Crippen molar-refractivity contribution in [2.45, 2.75) is 65.6 Å². The summed E-state index contributed by atoms with van der Waals surface area (Å²) in [5.41, 5.74) is -3.44. The molecule has 1 heterocycles. The first kappa shape index (κ1) is 22.6. The highest BCUT2D eigenvalue weighted by atomic mass is 16.5. The number of fused-ring (bicyclic) bond motifs is 5. The molecule has 0 spiro atoms. The number of hydrogen-bond acceptors (Lipinski definition) is 6. The van der Waals surface area contributed by atoms with E-state index in [0.29, 0.717) is 30.4 Å². The van der Waals surface area contributed by atoms with E-state index in [1.807, 2.05) is 33.8 Å². The van der Waals surface area contributed by atoms with E-state index >= 15 is 0 Å². The second-order valence-electron chi connectivity index (χ2n) is 11.8. The molecule has 178 valence electrons. The first-order chi connectivity index (χ1) is 15.3. The van der Waals surface area contributed by atoms with Crippen molar-refractivity contribution >= 4 is 11.6 Å². The van der Waals surface area contributed by atoms with Crippen LogP contribution in [-0.4, -0.2) is 35.0 Å². The van der Waals surface area contributed by atoms with Crippen molar-refractivity contribution in [3.63, 3.8) is 0 Å². The van der Waals surface area contributed by atoms with Crippen molar-refractivity contribution in [2.75, 3.05) is 7.11 Å². The number of hydrogen-bond donors (Lipinski definition) is 2. The van der Waals surface area contributed by atoms with Crippen LogP contribution in [0.5, 0.6) is 0 Å². The number of ether oxygens (including phenoxy) is 1. The van der Waals surface area contributed by atoms with Gasteiger partial charge in [0.05, 0.1) is 25.7 Å². The molecule has 6 nitrogen and oxygen atoms in total. The van der Waals surface area contributed by atoms with Crippen LogP contribution < -0.4 is 0 Å². The Labute approximate surface area is 194 Å². The summed E-state index contributed by atoms with van der Waals surface area (Å²) in [6, 6.07) is 1.63. The van der Waals surface area contributed by atoms with Gasteiger partial charge in [0.15, 0.2) is 17.1 Å². The van der Waals surface area contributed by atoms with Gasteiger partial charge in [-0.15, -0.1) is 0 Å². The molecule has 1 aromatic rings. The fourth-order valence-electron chi connectivity index (χ4n) is 8.39. The third-order valence-electron chi connectivity index (χ3n) is 10.2. The number of aliphatic hydroxyl groups is 2. The first-order valence-corrected chi connectivity index (χ1v) is 11.8. The molecule has 4 aliphatic carbocycles. The molecule has 0 amide bonds. The maximum absolute atomic E-state index is 13.7. The number of aliphatic hydroxyl groups excluding tert-OH is 1. The Morgan fingerprint density at radius 3 is 2.42 bits per heavy atom. The minimum Gasteiger partial charge on any atom is -0.493 e. The van der Waals surface area contributed by atoms with Gasteiger partial charge in [0.25, 0.3) is 0 Å². The zero-order valence-corrected chi connectivity index (χ0v) is 20.3. The summed E-state index contributed by atoms with van der Waals surface area (Å²) in [6.07, 6.45) is 7.49. The molecular formula is C27H34O6. The van der Waals surface area contributed by atoms with E-state index in [1.54, 1.807) is 12.1 Å². The molecule has 5 rings (SSSR count). The van der Waals surface area contributed by atoms with Crippen LogP contribution in [0.3, 0.4) is 0 Å². The van der Waals surface area contributed by atoms with Gasteiger partial charge in [0.2, 0.25) is 5.78 Å². The van der Waals surface area contributed by atoms with E-state index in [1.165, 1.54) is 19.6 Å². The predicted molar refractivity (Wildman–Crippen MR) is 121 cm³/mol. The number of methoxy groups -OCH3 is 1. The quantitative estimate of drug-likeness (QED) is 0.703. The number of furan rings is 1. The molecule has 4 aliphatic rings. The summed E-state index contributed by atoms with van der Waals surface area (Å²) in [5.74, 6) is -0.320. The lowest BCUT2D eigenvalue weighted by Gasteiger charge is -2.66. The molecule has 33 heavy (non-hydrogen) atoms. The number of carbonyl (C=O) groups is 2. The molecule has 2 N–H and O–H groups in total. The molecule has 0 unspecified atom stereocenters. The lowest BCUT2D eigenvalue weighted by atomic mass is 9.38. The molecule has 0 aromatic carbocycles. The van der Waals surface area contributed by atoms with Gasteiger partial charge in [0.1, 0.15) is 0 Å². The van der Waals surface area contributed by atoms with Gasteiger partial charge in [-0.3, -0.25) is 9.59 Å². The van der Waals surface area contributed by atoms with Gasteiger partial charge in [-0.25, -0.2) is 0 Å². The average Bonchev–Trinajstić information content (AvgIpc) is 3.35. The number of Topliss-reactive ketones (excluding diaryl/α,β-unsaturated/α-hetero) is 1. The Morgan fingerprint density at radius 1 is 1.12 bits per heavy atom. The van der Waals surface area contributed by atoms with Gasteiger partial charge in [-0.1, -0.05) is 40.7 Å². The van der Waals surface area contributed by atoms with Crippen molar-refractivity contribution in [3.8, 4) is 0 Å². The third kappa shape index (κ3) is 2.32. The number of carbonyl (C=O) groups excluding carboxylic acids is 2. The molecule has 6 heteroatoms. The average molecular weight is 455 g/mol. The SMILES string of the molecule is COC1=C2[C@]3(C)[C@H](O)C[C@H]4C(C)(C)C(=O)C=C[C@]4(C)[C@H]3CC[C@@]2(C)[C@@](O)(c2ccoc2)C1=O. The van der Waals surface area contributed by atoms with Crippen molar-refractivity contribution in [1.82, 2.24) is 0 Å². The normalized spacial score (nSPS) is 46.1. The summed E-state index contributed by atoms with van der Waals surface area (Å²) in [6.45, 7) is 10.1. The fourth-order valence-corrected chi connectivity index (χ4v) is 8.39. The highest BCUT2D eigenvalue weighted by molar-refractivity contribution is 6.06. The van der Waals surface area contributed by atoms with E-state index in [2.05, 4.69) is 6.92 Å². The molecule has 0 radical (unpaired) electrons. The Bertz CT molecular complexity index is 1100. The van der Waals surface area contributed by atoms with Crippen LogP contribution in [0.2, 0.25) is 0 Å². The topological polar surface area (TPSA) is 97.0 Å². The first-order valence-electron chi connectivity index (χ1n) is 11.8. The third-order valence-corrected chi connectivity index (χ3v) is 10.2. The predicted octanol–water partition coefficient (Wildman–Crippen LogP) is 3.93. The Hall–Kier alpha value is -2.18. The minimum absolute atomic E-state index is 0.0311. The van der Waals surface area contributed by atoms with E-state index in [0.717, 1.165) is 0 Å². The second-order valence-corrected chi connectivity index (χ2v) is 11.8. The summed E-state index contributed by atoms with van der Waals surface area (Å²) in [7, 11) is 1.46. The summed E-state index contributed by atoms with van der Waals surface area (Å²) in [4.78, 5) is 26.5. The molecule has 2 saturated carbocycles. The number of allylic oxidation sites excluding steroid dienone is 2. The minimum atomic E-state index is -1.83. The second kappa shape index (κ2) is 6.48. The Morgan fingerprint density at radius 2 is 1.82 bits per heavy atom. The summed E-state index contributed by atoms with van der Waals surface area (Å²) >= 11 is 0. The Kier molecular flexibility index (Phi) is 4.44. The molecule has 7 atom stereocenters. The smallest absolute Gasteiger partial charge is 0.234 e. The lowest BCUT2D eigenvalue weighted by molar-refractivity contribution is -0.178. The van der Waals surface area contributed by atoms with E-state index in [4.69, 9.17) is 9.15 Å². The lowest BCUT2D eigenvalue weighted by Crippen LogP contribution is -2.64. The highest BCUT2D eigenvalue weighted by Crippen LogP contribution is 2.73. The van der Waals surface area contributed by atoms with Crippen LogP contribution in [0.1, 0.15) is 59.4 Å². The van der Waals surface area contributed by atoms with Crippen LogP contribution in [0.25, 0.3) is 0 Å². The standard InChI is InChI=1S/C27H34O6/c1-23(2)17-13-19(29)26(5)16(24(17,3)10-8-18(23)28)7-11-25(4)21(26)20(32-6)22(30)27(25,31)15-9-12-33-14-15/h8-10,12,14,16-17,19,29,31H,7,11,13H2,1-6H3/t16-,17+,19-,24-,25-,26+,27-/m1/s1. The van der Waals surface area contributed by atoms with Gasteiger partial charge in [-0.2, -0.15) is 0 Å². The molecular weight excluding hydrogens is 420 g/mol. The monoisotopic (exact) mass is 454 g/mol. The van der Waals surface area contributed by atoms with Gasteiger partial charge in [0, 0.05) is 21.8 Å². The molecule has 0 aliphatic heterocycles. The summed E-state index contributed by atoms with van der Waals surface area (Å²) in [5, 5.41) is 23.8. The summed E-state index contributed by atoms with van der Waals surface area (Å²) < 4.78 is 10.9. The van der Waals surface area contributed by atoms with Crippen LogP contribution in [0.15, 0.2) is 46.5 Å². The van der Waals surface area contributed by atoms with Crippen molar-refractivity contribution in [2.24, 2.45) is 33.5 Å².